The lowest BCUT2D eigenvalue weighted by Crippen LogP contribution is -2.30. The van der Waals surface area contributed by atoms with Crippen LogP contribution in [0.2, 0.25) is 0 Å². The highest BCUT2D eigenvalue weighted by Crippen LogP contribution is 2.18. The summed E-state index contributed by atoms with van der Waals surface area (Å²) in [5.74, 6) is 0.291. The van der Waals surface area contributed by atoms with Crippen LogP contribution < -0.4 is 10.9 Å². The maximum Gasteiger partial charge on any atom is 0.290 e. The number of rotatable bonds is 5. The summed E-state index contributed by atoms with van der Waals surface area (Å²) in [5, 5.41) is 6.44. The molecular weight excluding hydrogens is 308 g/mol. The van der Waals surface area contributed by atoms with Crippen molar-refractivity contribution in [3.05, 3.63) is 81.9 Å². The highest BCUT2D eigenvalue weighted by atomic mass is 16.5. The zero-order valence-corrected chi connectivity index (χ0v) is 13.0. The Morgan fingerprint density at radius 1 is 1.29 bits per heavy atom. The van der Waals surface area contributed by atoms with Crippen LogP contribution in [0.4, 0.5) is 0 Å². The molecule has 0 saturated heterocycles. The van der Waals surface area contributed by atoms with Crippen molar-refractivity contribution >= 4 is 5.91 Å². The molecule has 0 aliphatic heterocycles. The third kappa shape index (κ3) is 3.75. The van der Waals surface area contributed by atoms with Gasteiger partial charge in [-0.2, -0.15) is 0 Å². The van der Waals surface area contributed by atoms with E-state index in [0.29, 0.717) is 17.9 Å². The smallest absolute Gasteiger partial charge is 0.290 e. The third-order valence-corrected chi connectivity index (χ3v) is 3.50. The van der Waals surface area contributed by atoms with E-state index in [-0.39, 0.29) is 23.3 Å². The molecular formula is C17H16N4O3. The Kier molecular flexibility index (Phi) is 4.51. The van der Waals surface area contributed by atoms with E-state index < -0.39 is 0 Å². The summed E-state index contributed by atoms with van der Waals surface area (Å²) in [7, 11) is 0. The summed E-state index contributed by atoms with van der Waals surface area (Å²) in [6, 6.07) is 12.1. The third-order valence-electron chi connectivity index (χ3n) is 3.50. The molecule has 2 heterocycles. The average Bonchev–Trinajstić information content (AvgIpc) is 3.08. The van der Waals surface area contributed by atoms with Crippen molar-refractivity contribution in [3.8, 4) is 0 Å². The van der Waals surface area contributed by atoms with E-state index in [1.54, 1.807) is 6.92 Å². The number of amides is 1. The van der Waals surface area contributed by atoms with Crippen LogP contribution in [0.25, 0.3) is 0 Å². The first-order valence-electron chi connectivity index (χ1n) is 7.45. The van der Waals surface area contributed by atoms with Gasteiger partial charge in [-0.05, 0) is 12.5 Å². The van der Waals surface area contributed by atoms with Crippen molar-refractivity contribution in [2.75, 3.05) is 0 Å². The summed E-state index contributed by atoms with van der Waals surface area (Å²) in [4.78, 5) is 30.8. The fourth-order valence-corrected chi connectivity index (χ4v) is 2.45. The van der Waals surface area contributed by atoms with E-state index >= 15 is 0 Å². The maximum atomic E-state index is 12.3. The van der Waals surface area contributed by atoms with Crippen LogP contribution in [0.15, 0.2) is 58.0 Å². The van der Waals surface area contributed by atoms with Gasteiger partial charge in [-0.25, -0.2) is 4.98 Å². The SMILES string of the molecule is Cc1nc(C[C@H](NC(=O)c2ccno2)c2ccccc2)cc(=O)[nH]1. The minimum atomic E-state index is -0.372. The van der Waals surface area contributed by atoms with Crippen LogP contribution in [0.3, 0.4) is 0 Å². The van der Waals surface area contributed by atoms with E-state index in [1.165, 1.54) is 18.3 Å². The summed E-state index contributed by atoms with van der Waals surface area (Å²) < 4.78 is 4.89. The molecule has 122 valence electrons. The molecule has 2 aromatic heterocycles. The number of benzene rings is 1. The zero-order chi connectivity index (χ0) is 16.9. The summed E-state index contributed by atoms with van der Waals surface area (Å²) in [6.07, 6.45) is 1.79. The fraction of sp³-hybridized carbons (Fsp3) is 0.176. The topological polar surface area (TPSA) is 101 Å². The molecule has 3 rings (SSSR count). The van der Waals surface area contributed by atoms with Gasteiger partial charge in [-0.15, -0.1) is 0 Å². The molecule has 7 nitrogen and oxygen atoms in total. The lowest BCUT2D eigenvalue weighted by Gasteiger charge is -2.18. The molecule has 0 aliphatic carbocycles. The highest BCUT2D eigenvalue weighted by Gasteiger charge is 2.19. The molecule has 3 aromatic rings. The molecule has 0 bridgehead atoms. The Morgan fingerprint density at radius 2 is 2.08 bits per heavy atom. The Labute approximate surface area is 137 Å². The predicted octanol–water partition coefficient (Wildman–Crippen LogP) is 1.78. The van der Waals surface area contributed by atoms with Crippen LogP contribution in [0.1, 0.15) is 33.7 Å². The first-order valence-corrected chi connectivity index (χ1v) is 7.45. The highest BCUT2D eigenvalue weighted by molar-refractivity contribution is 5.91. The normalized spacial score (nSPS) is 11.9. The Bertz CT molecular complexity index is 872. The number of hydrogen-bond acceptors (Lipinski definition) is 5. The van der Waals surface area contributed by atoms with Gasteiger partial charge in [0, 0.05) is 18.6 Å². The van der Waals surface area contributed by atoms with Crippen LogP contribution in [0, 0.1) is 6.92 Å². The molecule has 1 atom stereocenters. The van der Waals surface area contributed by atoms with Crippen LogP contribution in [-0.4, -0.2) is 21.0 Å². The summed E-state index contributed by atoms with van der Waals surface area (Å²) in [6.45, 7) is 1.72. The van der Waals surface area contributed by atoms with Gasteiger partial charge in [0.15, 0.2) is 0 Å². The second-order valence-electron chi connectivity index (χ2n) is 5.34. The summed E-state index contributed by atoms with van der Waals surface area (Å²) >= 11 is 0. The number of aromatic nitrogens is 3. The molecule has 0 saturated carbocycles. The van der Waals surface area contributed by atoms with Gasteiger partial charge in [-0.1, -0.05) is 35.5 Å². The molecule has 0 radical (unpaired) electrons. The molecule has 0 spiro atoms. The fourth-order valence-electron chi connectivity index (χ4n) is 2.45. The van der Waals surface area contributed by atoms with Crippen molar-refractivity contribution in [3.63, 3.8) is 0 Å². The molecule has 2 N–H and O–H groups in total. The maximum absolute atomic E-state index is 12.3. The largest absolute Gasteiger partial charge is 0.351 e. The van der Waals surface area contributed by atoms with Crippen LogP contribution in [0.5, 0.6) is 0 Å². The molecule has 7 heteroatoms. The van der Waals surface area contributed by atoms with Gasteiger partial charge in [-0.3, -0.25) is 9.59 Å². The average molecular weight is 324 g/mol. The number of hydrogen-bond donors (Lipinski definition) is 2. The standard InChI is InChI=1S/C17H16N4O3/c1-11-19-13(10-16(22)20-11)9-14(12-5-3-2-4-6-12)21-17(23)15-7-8-18-24-15/h2-8,10,14H,9H2,1H3,(H,21,23)(H,19,20,22)/t14-/m0/s1. The van der Waals surface area contributed by atoms with Crippen molar-refractivity contribution in [1.82, 2.24) is 20.4 Å². The Balaban J connectivity index is 1.87. The number of nitrogens with zero attached hydrogens (tertiary/aromatic N) is 2. The van der Waals surface area contributed by atoms with Gasteiger partial charge in [0.1, 0.15) is 5.82 Å². The van der Waals surface area contributed by atoms with Gasteiger partial charge in [0.2, 0.25) is 5.76 Å². The molecule has 1 amide bonds. The van der Waals surface area contributed by atoms with E-state index in [0.717, 1.165) is 5.56 Å². The number of H-pyrrole nitrogens is 1. The van der Waals surface area contributed by atoms with Crippen molar-refractivity contribution < 1.29 is 9.32 Å². The summed E-state index contributed by atoms with van der Waals surface area (Å²) in [5.41, 5.74) is 1.29. The van der Waals surface area contributed by atoms with Crippen LogP contribution >= 0.6 is 0 Å². The number of aromatic amines is 1. The first kappa shape index (κ1) is 15.7. The van der Waals surface area contributed by atoms with Gasteiger partial charge >= 0.3 is 0 Å². The molecule has 1 aromatic carbocycles. The van der Waals surface area contributed by atoms with Crippen molar-refractivity contribution in [1.29, 1.82) is 0 Å². The van der Waals surface area contributed by atoms with E-state index in [2.05, 4.69) is 20.4 Å². The minimum Gasteiger partial charge on any atom is -0.351 e. The second-order valence-corrected chi connectivity index (χ2v) is 5.34. The Hall–Kier alpha value is -3.22. The number of carbonyl (C=O) groups excluding carboxylic acids is 1. The Morgan fingerprint density at radius 3 is 2.75 bits per heavy atom. The number of aryl methyl sites for hydroxylation is 1. The van der Waals surface area contributed by atoms with E-state index in [1.807, 2.05) is 30.3 Å². The quantitative estimate of drug-likeness (QED) is 0.745. The lowest BCUT2D eigenvalue weighted by molar-refractivity contribution is 0.0899. The first-order chi connectivity index (χ1) is 11.6. The minimum absolute atomic E-state index is 0.131. The molecule has 0 aliphatic rings. The van der Waals surface area contributed by atoms with Crippen molar-refractivity contribution in [2.24, 2.45) is 0 Å². The monoisotopic (exact) mass is 324 g/mol. The number of nitrogens with one attached hydrogen (secondary N) is 2. The lowest BCUT2D eigenvalue weighted by atomic mass is 10.0. The van der Waals surface area contributed by atoms with E-state index in [4.69, 9.17) is 4.52 Å². The van der Waals surface area contributed by atoms with Gasteiger partial charge in [0.25, 0.3) is 11.5 Å². The van der Waals surface area contributed by atoms with Crippen molar-refractivity contribution in [2.45, 2.75) is 19.4 Å². The van der Waals surface area contributed by atoms with Gasteiger partial charge < -0.3 is 14.8 Å². The zero-order valence-electron chi connectivity index (χ0n) is 13.0. The molecule has 24 heavy (non-hydrogen) atoms. The second kappa shape index (κ2) is 6.91. The van der Waals surface area contributed by atoms with E-state index in [9.17, 15) is 9.59 Å². The van der Waals surface area contributed by atoms with Crippen LogP contribution in [-0.2, 0) is 6.42 Å². The van der Waals surface area contributed by atoms with Gasteiger partial charge in [0.05, 0.1) is 17.9 Å². The predicted molar refractivity (Wildman–Crippen MR) is 86.5 cm³/mol. The number of carbonyl (C=O) groups is 1. The molecule has 0 fully saturated rings. The molecule has 0 unspecified atom stereocenters.